The van der Waals surface area contributed by atoms with E-state index in [0.29, 0.717) is 38.7 Å². The SMILES string of the molecule is CCOC(=O)c1sc2nc(C)nc(NCc3ccc(S(=O)(=O)N(C)C)s3)c2c1C. The lowest BCUT2D eigenvalue weighted by Gasteiger charge is -2.09. The second-order valence-corrected chi connectivity index (χ2v) is 11.0. The lowest BCUT2D eigenvalue weighted by atomic mass is 10.2. The molecule has 29 heavy (non-hydrogen) atoms. The van der Waals surface area contributed by atoms with Crippen LogP contribution in [-0.4, -0.2) is 49.4 Å². The summed E-state index contributed by atoms with van der Waals surface area (Å²) in [4.78, 5) is 23.2. The third-order valence-electron chi connectivity index (χ3n) is 4.16. The van der Waals surface area contributed by atoms with Crippen LogP contribution in [0.15, 0.2) is 16.3 Å². The van der Waals surface area contributed by atoms with Crippen LogP contribution >= 0.6 is 22.7 Å². The summed E-state index contributed by atoms with van der Waals surface area (Å²) in [5.74, 6) is 0.828. The van der Waals surface area contributed by atoms with Gasteiger partial charge in [-0.3, -0.25) is 0 Å². The van der Waals surface area contributed by atoms with Crippen molar-refractivity contribution in [1.82, 2.24) is 14.3 Å². The van der Waals surface area contributed by atoms with Crippen LogP contribution in [0.2, 0.25) is 0 Å². The average Bonchev–Trinajstić information content (AvgIpc) is 3.25. The van der Waals surface area contributed by atoms with Gasteiger partial charge in [-0.2, -0.15) is 0 Å². The van der Waals surface area contributed by atoms with Crippen LogP contribution in [0.1, 0.15) is 32.9 Å². The maximum atomic E-state index is 12.3. The molecule has 0 bridgehead atoms. The second-order valence-electron chi connectivity index (χ2n) is 6.44. The predicted octanol–water partition coefficient (Wildman–Crippen LogP) is 3.41. The molecule has 0 amide bonds. The predicted molar refractivity (Wildman–Crippen MR) is 115 cm³/mol. The number of aromatic nitrogens is 2. The topological polar surface area (TPSA) is 101 Å². The van der Waals surface area contributed by atoms with Crippen LogP contribution < -0.4 is 5.32 Å². The van der Waals surface area contributed by atoms with Crippen LogP contribution in [0.25, 0.3) is 10.2 Å². The minimum Gasteiger partial charge on any atom is -0.462 e. The minimum atomic E-state index is -3.45. The van der Waals surface area contributed by atoms with Crippen LogP contribution in [0.3, 0.4) is 0 Å². The van der Waals surface area contributed by atoms with Crippen LogP contribution in [-0.2, 0) is 21.3 Å². The van der Waals surface area contributed by atoms with E-state index in [1.165, 1.54) is 41.1 Å². The molecule has 0 radical (unpaired) electrons. The Morgan fingerprint density at radius 2 is 1.93 bits per heavy atom. The van der Waals surface area contributed by atoms with E-state index in [4.69, 9.17) is 4.74 Å². The molecule has 0 saturated carbocycles. The summed E-state index contributed by atoms with van der Waals surface area (Å²) < 4.78 is 31.1. The number of carbonyl (C=O) groups excluding carboxylic acids is 1. The molecule has 0 unspecified atom stereocenters. The van der Waals surface area contributed by atoms with Crippen LogP contribution in [0.5, 0.6) is 0 Å². The highest BCUT2D eigenvalue weighted by Crippen LogP contribution is 2.35. The fourth-order valence-electron chi connectivity index (χ4n) is 2.71. The number of esters is 1. The number of carbonyl (C=O) groups is 1. The number of hydrogen-bond acceptors (Lipinski definition) is 9. The standard InChI is InChI=1S/C18H22N4O4S3/c1-6-26-18(23)15-10(2)14-16(20-11(3)21-17(14)28-15)19-9-12-7-8-13(27-12)29(24,25)22(4)5/h7-8H,6,9H2,1-5H3,(H,19,20,21). The fourth-order valence-corrected chi connectivity index (χ4v) is 6.29. The van der Waals surface area contributed by atoms with Crippen LogP contribution in [0.4, 0.5) is 5.82 Å². The van der Waals surface area contributed by atoms with Crippen molar-refractivity contribution in [2.45, 2.75) is 31.5 Å². The first kappa shape index (κ1) is 21.6. The fraction of sp³-hybridized carbons (Fsp3) is 0.389. The molecule has 3 aromatic rings. The second kappa shape index (κ2) is 8.34. The molecule has 3 heterocycles. The molecule has 8 nitrogen and oxygen atoms in total. The number of nitrogens with zero attached hydrogens (tertiary/aromatic N) is 3. The van der Waals surface area contributed by atoms with Gasteiger partial charge < -0.3 is 10.1 Å². The maximum Gasteiger partial charge on any atom is 0.348 e. The summed E-state index contributed by atoms with van der Waals surface area (Å²) in [6.45, 7) is 6.11. The molecule has 156 valence electrons. The van der Waals surface area contributed by atoms with E-state index in [1.54, 1.807) is 26.0 Å². The summed E-state index contributed by atoms with van der Waals surface area (Å²) in [6, 6.07) is 3.39. The molecule has 0 aliphatic heterocycles. The largest absolute Gasteiger partial charge is 0.462 e. The van der Waals surface area contributed by atoms with Gasteiger partial charge in [0, 0.05) is 19.0 Å². The third-order valence-corrected chi connectivity index (χ3v) is 8.70. The highest BCUT2D eigenvalue weighted by Gasteiger charge is 2.22. The molecule has 0 spiro atoms. The number of sulfonamides is 1. The van der Waals surface area contributed by atoms with Crippen molar-refractivity contribution in [3.8, 4) is 0 Å². The number of nitrogens with one attached hydrogen (secondary N) is 1. The van der Waals surface area contributed by atoms with Crippen molar-refractivity contribution in [2.75, 3.05) is 26.0 Å². The van der Waals surface area contributed by atoms with Crippen molar-refractivity contribution in [3.63, 3.8) is 0 Å². The summed E-state index contributed by atoms with van der Waals surface area (Å²) >= 11 is 2.50. The first-order valence-corrected chi connectivity index (χ1v) is 11.9. The van der Waals surface area contributed by atoms with Crippen molar-refractivity contribution in [3.05, 3.63) is 33.3 Å². The molecule has 0 aromatic carbocycles. The molecule has 0 atom stereocenters. The Hall–Kier alpha value is -2.08. The van der Waals surface area contributed by atoms with E-state index in [-0.39, 0.29) is 5.97 Å². The van der Waals surface area contributed by atoms with Crippen molar-refractivity contribution in [2.24, 2.45) is 0 Å². The van der Waals surface area contributed by atoms with Gasteiger partial charge in [-0.15, -0.1) is 22.7 Å². The number of hydrogen-bond donors (Lipinski definition) is 1. The van der Waals surface area contributed by atoms with Gasteiger partial charge in [0.1, 0.15) is 25.6 Å². The maximum absolute atomic E-state index is 12.3. The van der Waals surface area contributed by atoms with Crippen molar-refractivity contribution < 1.29 is 17.9 Å². The first-order chi connectivity index (χ1) is 13.6. The first-order valence-electron chi connectivity index (χ1n) is 8.85. The highest BCUT2D eigenvalue weighted by atomic mass is 32.2. The van der Waals surface area contributed by atoms with E-state index in [0.717, 1.165) is 15.8 Å². The van der Waals surface area contributed by atoms with E-state index >= 15 is 0 Å². The van der Waals surface area contributed by atoms with Gasteiger partial charge in [0.05, 0.1) is 18.5 Å². The van der Waals surface area contributed by atoms with Gasteiger partial charge in [0.2, 0.25) is 0 Å². The Labute approximate surface area is 177 Å². The molecule has 0 aliphatic carbocycles. The summed E-state index contributed by atoms with van der Waals surface area (Å²) in [5.41, 5.74) is 0.771. The smallest absolute Gasteiger partial charge is 0.348 e. The Bertz CT molecular complexity index is 1170. The van der Waals surface area contributed by atoms with Gasteiger partial charge in [0.25, 0.3) is 10.0 Å². The van der Waals surface area contributed by atoms with Gasteiger partial charge in [-0.05, 0) is 38.5 Å². The van der Waals surface area contributed by atoms with E-state index < -0.39 is 10.0 Å². The zero-order valence-corrected chi connectivity index (χ0v) is 19.2. The van der Waals surface area contributed by atoms with E-state index in [2.05, 4.69) is 15.3 Å². The summed E-state index contributed by atoms with van der Waals surface area (Å²) in [6.07, 6.45) is 0. The van der Waals surface area contributed by atoms with Gasteiger partial charge in [-0.25, -0.2) is 27.5 Å². The number of rotatable bonds is 7. The molecular weight excluding hydrogens is 432 g/mol. The Kier molecular flexibility index (Phi) is 6.22. The molecule has 0 fully saturated rings. The van der Waals surface area contributed by atoms with E-state index in [1.807, 2.05) is 6.92 Å². The van der Waals surface area contributed by atoms with E-state index in [9.17, 15) is 13.2 Å². The van der Waals surface area contributed by atoms with Crippen molar-refractivity contribution >= 4 is 54.7 Å². The van der Waals surface area contributed by atoms with Gasteiger partial charge in [0.15, 0.2) is 0 Å². The zero-order chi connectivity index (χ0) is 21.3. The molecule has 3 aromatic heterocycles. The normalized spacial score (nSPS) is 11.9. The molecule has 3 rings (SSSR count). The lowest BCUT2D eigenvalue weighted by Crippen LogP contribution is -2.21. The van der Waals surface area contributed by atoms with Gasteiger partial charge in [-0.1, -0.05) is 0 Å². The molecule has 0 saturated heterocycles. The number of aryl methyl sites for hydroxylation is 2. The number of ether oxygens (including phenoxy) is 1. The summed E-state index contributed by atoms with van der Waals surface area (Å²) in [5, 5.41) is 4.05. The quantitative estimate of drug-likeness (QED) is 0.546. The number of anilines is 1. The lowest BCUT2D eigenvalue weighted by molar-refractivity contribution is 0.0531. The zero-order valence-electron chi connectivity index (χ0n) is 16.8. The molecule has 1 N–H and O–H groups in total. The third kappa shape index (κ3) is 4.27. The van der Waals surface area contributed by atoms with Crippen LogP contribution in [0, 0.1) is 13.8 Å². The molecule has 0 aliphatic rings. The van der Waals surface area contributed by atoms with Gasteiger partial charge >= 0.3 is 5.97 Å². The number of thiophene rings is 2. The monoisotopic (exact) mass is 454 g/mol. The molecule has 11 heteroatoms. The average molecular weight is 455 g/mol. The summed E-state index contributed by atoms with van der Waals surface area (Å²) in [7, 11) is -0.434. The Balaban J connectivity index is 1.91. The van der Waals surface area contributed by atoms with Crippen molar-refractivity contribution in [1.29, 1.82) is 0 Å². The Morgan fingerprint density at radius 1 is 1.21 bits per heavy atom. The Morgan fingerprint density at radius 3 is 2.59 bits per heavy atom. The minimum absolute atomic E-state index is 0.291. The number of fused-ring (bicyclic) bond motifs is 1. The highest BCUT2D eigenvalue weighted by molar-refractivity contribution is 7.91. The molecular formula is C18H22N4O4S3.